The number of aromatic hydroxyl groups is 1. The van der Waals surface area contributed by atoms with E-state index < -0.39 is 4.92 Å². The first-order valence-electron chi connectivity index (χ1n) is 9.48. The molecule has 4 rings (SSSR count). The molecule has 0 fully saturated rings. The first-order chi connectivity index (χ1) is 14.4. The van der Waals surface area contributed by atoms with Crippen molar-refractivity contribution in [3.8, 4) is 27.3 Å². The number of fused-ring (bicyclic) bond motifs is 1. The first kappa shape index (κ1) is 20.2. The normalized spacial score (nSPS) is 11.1. The van der Waals surface area contributed by atoms with Crippen LogP contribution in [0, 0.1) is 10.1 Å². The molecule has 7 heteroatoms. The van der Waals surface area contributed by atoms with Crippen LogP contribution < -0.4 is 5.73 Å². The Morgan fingerprint density at radius 1 is 1.13 bits per heavy atom. The number of halogens is 1. The summed E-state index contributed by atoms with van der Waals surface area (Å²) in [7, 11) is 0. The molecule has 1 aromatic heterocycles. The van der Waals surface area contributed by atoms with E-state index in [1.165, 1.54) is 23.5 Å². The molecule has 1 heterocycles. The lowest BCUT2D eigenvalue weighted by atomic mass is 9.98. The second-order valence-corrected chi connectivity index (χ2v) is 8.45. The third-order valence-electron chi connectivity index (χ3n) is 5.10. The zero-order valence-corrected chi connectivity index (χ0v) is 17.8. The van der Waals surface area contributed by atoms with Crippen LogP contribution in [0.25, 0.3) is 32.3 Å². The number of nitrogen functional groups attached to an aromatic ring is 1. The molecule has 0 aliphatic heterocycles. The van der Waals surface area contributed by atoms with E-state index in [1.807, 2.05) is 36.4 Å². The maximum absolute atomic E-state index is 11.1. The Morgan fingerprint density at radius 3 is 2.60 bits per heavy atom. The largest absolute Gasteiger partial charge is 0.506 e. The number of anilines is 1. The van der Waals surface area contributed by atoms with Gasteiger partial charge in [-0.25, -0.2) is 0 Å². The number of benzene rings is 3. The first-order valence-corrected chi connectivity index (χ1v) is 10.7. The number of thiophene rings is 1. The van der Waals surface area contributed by atoms with Gasteiger partial charge in [-0.05, 0) is 28.8 Å². The van der Waals surface area contributed by atoms with Crippen LogP contribution in [0.1, 0.15) is 18.9 Å². The van der Waals surface area contributed by atoms with Crippen molar-refractivity contribution in [3.63, 3.8) is 0 Å². The maximum atomic E-state index is 11.1. The highest BCUT2D eigenvalue weighted by Crippen LogP contribution is 2.52. The highest BCUT2D eigenvalue weighted by molar-refractivity contribution is 7.20. The zero-order chi connectivity index (χ0) is 21.4. The van der Waals surface area contributed by atoms with Crippen molar-refractivity contribution in [3.05, 3.63) is 75.3 Å². The standard InChI is InChI=1S/C23H19ClN2O3S/c1-2-5-13-6-3-9-18(20(13)24)19-21(27)22(30-23(19)25)17-8-4-7-14-12-15(26(28)29)10-11-16(14)17/h3-4,6-12,27H,2,5,25H2,1H3. The summed E-state index contributed by atoms with van der Waals surface area (Å²) >= 11 is 7.91. The number of aryl methyl sites for hydroxylation is 1. The molecule has 0 bridgehead atoms. The summed E-state index contributed by atoms with van der Waals surface area (Å²) in [6.45, 7) is 2.09. The van der Waals surface area contributed by atoms with E-state index in [0.717, 1.165) is 34.7 Å². The quantitative estimate of drug-likeness (QED) is 0.258. The second kappa shape index (κ2) is 7.97. The van der Waals surface area contributed by atoms with Gasteiger partial charge in [0.15, 0.2) is 0 Å². The predicted octanol–water partition coefficient (Wildman–Crippen LogP) is 7.04. The van der Waals surface area contributed by atoms with Gasteiger partial charge in [0.05, 0.1) is 25.4 Å². The molecule has 3 aromatic carbocycles. The van der Waals surface area contributed by atoms with E-state index in [4.69, 9.17) is 17.3 Å². The Morgan fingerprint density at radius 2 is 1.87 bits per heavy atom. The molecule has 30 heavy (non-hydrogen) atoms. The van der Waals surface area contributed by atoms with Crippen LogP contribution in [0.15, 0.2) is 54.6 Å². The molecule has 0 spiro atoms. The minimum atomic E-state index is -0.421. The van der Waals surface area contributed by atoms with E-state index in [2.05, 4.69) is 6.92 Å². The smallest absolute Gasteiger partial charge is 0.270 e. The molecule has 152 valence electrons. The van der Waals surface area contributed by atoms with Crippen LogP contribution in [0.3, 0.4) is 0 Å². The lowest BCUT2D eigenvalue weighted by Crippen LogP contribution is -1.90. The van der Waals surface area contributed by atoms with Crippen molar-refractivity contribution in [2.75, 3.05) is 5.73 Å². The van der Waals surface area contributed by atoms with Crippen molar-refractivity contribution in [2.45, 2.75) is 19.8 Å². The summed E-state index contributed by atoms with van der Waals surface area (Å²) in [5, 5.41) is 24.8. The minimum absolute atomic E-state index is 0.0229. The van der Waals surface area contributed by atoms with Crippen molar-refractivity contribution < 1.29 is 10.0 Å². The molecule has 0 unspecified atom stereocenters. The summed E-state index contributed by atoms with van der Waals surface area (Å²) in [6.07, 6.45) is 1.80. The summed E-state index contributed by atoms with van der Waals surface area (Å²) in [5.41, 5.74) is 9.36. The van der Waals surface area contributed by atoms with Gasteiger partial charge in [0.2, 0.25) is 0 Å². The number of nitrogens with zero attached hydrogens (tertiary/aromatic N) is 1. The Hall–Kier alpha value is -3.09. The topological polar surface area (TPSA) is 89.4 Å². The Kier molecular flexibility index (Phi) is 5.37. The summed E-state index contributed by atoms with van der Waals surface area (Å²) in [5.74, 6) is 0.0684. The van der Waals surface area contributed by atoms with Crippen molar-refractivity contribution >= 4 is 44.4 Å². The van der Waals surface area contributed by atoms with Gasteiger partial charge in [0, 0.05) is 23.3 Å². The zero-order valence-electron chi connectivity index (χ0n) is 16.2. The molecule has 0 radical (unpaired) electrons. The molecule has 0 saturated heterocycles. The molecule has 0 saturated carbocycles. The molecular formula is C23H19ClN2O3S. The van der Waals surface area contributed by atoms with Gasteiger partial charge in [-0.2, -0.15) is 0 Å². The molecular weight excluding hydrogens is 420 g/mol. The third-order valence-corrected chi connectivity index (χ3v) is 6.58. The van der Waals surface area contributed by atoms with Crippen LogP contribution in [0.5, 0.6) is 5.75 Å². The molecule has 0 amide bonds. The van der Waals surface area contributed by atoms with Crippen molar-refractivity contribution in [1.29, 1.82) is 0 Å². The SMILES string of the molecule is CCCc1cccc(-c2c(N)sc(-c3cccc4cc([N+](=O)[O-])ccc34)c2O)c1Cl. The van der Waals surface area contributed by atoms with Gasteiger partial charge in [-0.3, -0.25) is 10.1 Å². The van der Waals surface area contributed by atoms with Gasteiger partial charge >= 0.3 is 0 Å². The summed E-state index contributed by atoms with van der Waals surface area (Å²) in [4.78, 5) is 11.3. The predicted molar refractivity (Wildman–Crippen MR) is 124 cm³/mol. The minimum Gasteiger partial charge on any atom is -0.506 e. The van der Waals surface area contributed by atoms with Gasteiger partial charge in [0.25, 0.3) is 5.69 Å². The Labute approximate surface area is 182 Å². The monoisotopic (exact) mass is 438 g/mol. The number of rotatable bonds is 5. The van der Waals surface area contributed by atoms with Crippen LogP contribution in [-0.2, 0) is 6.42 Å². The van der Waals surface area contributed by atoms with E-state index in [0.29, 0.717) is 26.0 Å². The van der Waals surface area contributed by atoms with Gasteiger partial charge in [-0.15, -0.1) is 11.3 Å². The molecule has 0 aliphatic carbocycles. The summed E-state index contributed by atoms with van der Waals surface area (Å²) in [6, 6.07) is 15.9. The molecule has 0 atom stereocenters. The Bertz CT molecular complexity index is 1280. The van der Waals surface area contributed by atoms with Crippen LogP contribution >= 0.6 is 22.9 Å². The fourth-order valence-electron chi connectivity index (χ4n) is 3.70. The van der Waals surface area contributed by atoms with Crippen LogP contribution in [0.2, 0.25) is 5.02 Å². The summed E-state index contributed by atoms with van der Waals surface area (Å²) < 4.78 is 0. The number of hydrogen-bond acceptors (Lipinski definition) is 5. The van der Waals surface area contributed by atoms with E-state index in [-0.39, 0.29) is 11.4 Å². The number of nitrogens with two attached hydrogens (primary N) is 1. The molecule has 5 nitrogen and oxygen atoms in total. The number of hydrogen-bond donors (Lipinski definition) is 2. The van der Waals surface area contributed by atoms with E-state index >= 15 is 0 Å². The molecule has 4 aromatic rings. The number of non-ortho nitro benzene ring substituents is 1. The number of nitro groups is 1. The average Bonchev–Trinajstić information content (AvgIpc) is 3.02. The Balaban J connectivity index is 1.90. The fourth-order valence-corrected chi connectivity index (χ4v) is 5.03. The van der Waals surface area contributed by atoms with Crippen LogP contribution in [-0.4, -0.2) is 10.0 Å². The highest BCUT2D eigenvalue weighted by Gasteiger charge is 2.22. The van der Waals surface area contributed by atoms with Gasteiger partial charge in [0.1, 0.15) is 5.75 Å². The van der Waals surface area contributed by atoms with Gasteiger partial charge in [-0.1, -0.05) is 61.3 Å². The highest BCUT2D eigenvalue weighted by atomic mass is 35.5. The molecule has 3 N–H and O–H groups in total. The van der Waals surface area contributed by atoms with Gasteiger partial charge < -0.3 is 10.8 Å². The van der Waals surface area contributed by atoms with Crippen molar-refractivity contribution in [1.82, 2.24) is 0 Å². The fraction of sp³-hybridized carbons (Fsp3) is 0.130. The number of nitro benzene ring substituents is 1. The molecule has 0 aliphatic rings. The van der Waals surface area contributed by atoms with Crippen molar-refractivity contribution in [2.24, 2.45) is 0 Å². The lowest BCUT2D eigenvalue weighted by molar-refractivity contribution is -0.384. The van der Waals surface area contributed by atoms with E-state index in [1.54, 1.807) is 6.07 Å². The second-order valence-electron chi connectivity index (χ2n) is 7.02. The van der Waals surface area contributed by atoms with E-state index in [9.17, 15) is 15.2 Å². The average molecular weight is 439 g/mol. The third kappa shape index (κ3) is 3.38. The maximum Gasteiger partial charge on any atom is 0.270 e. The van der Waals surface area contributed by atoms with Crippen LogP contribution in [0.4, 0.5) is 10.7 Å². The lowest BCUT2D eigenvalue weighted by Gasteiger charge is -2.10.